The maximum Gasteiger partial charge on any atom is 0.408 e. The van der Waals surface area contributed by atoms with E-state index in [9.17, 15) is 14.4 Å². The van der Waals surface area contributed by atoms with Crippen molar-refractivity contribution in [3.8, 4) is 16.5 Å². The predicted octanol–water partition coefficient (Wildman–Crippen LogP) is 5.91. The second-order valence-corrected chi connectivity index (χ2v) is 12.4. The SMILES string of the molecule is C=CCCCCC[C@H](NC(=O)OC(C)(C)C)C(=O)N1C[C@H](Oc2nc3ccccc3nc2-c2cccs2)C[C@H]1C(=O)OC. The standard InChI is InChI=1S/C32H40N4O6S/c1-6-7-8-9-10-16-24(35-31(39)42-32(2,3)4)29(37)36-20-21(19-25(36)30(38)40-5)41-28-27(26-17-13-18-43-26)33-22-14-11-12-15-23(22)34-28/h6,11-15,17-18,21,24-25H,1,7-10,16,19-20H2,2-5H3,(H,35,39)/t21-,24+,25+/m1/s1. The number of rotatable bonds is 12. The number of fused-ring (bicyclic) bond motifs is 1. The van der Waals surface area contributed by atoms with Gasteiger partial charge >= 0.3 is 12.1 Å². The van der Waals surface area contributed by atoms with Gasteiger partial charge in [-0.1, -0.05) is 37.1 Å². The Morgan fingerprint density at radius 1 is 1.12 bits per heavy atom. The largest absolute Gasteiger partial charge is 0.471 e. The highest BCUT2D eigenvalue weighted by atomic mass is 32.1. The number of hydrogen-bond donors (Lipinski definition) is 1. The predicted molar refractivity (Wildman–Crippen MR) is 166 cm³/mol. The molecule has 1 saturated heterocycles. The van der Waals surface area contributed by atoms with Crippen LogP contribution in [-0.4, -0.2) is 70.3 Å². The minimum Gasteiger partial charge on any atom is -0.471 e. The third kappa shape index (κ3) is 8.53. The number of allylic oxidation sites excluding steroid dienone is 1. The summed E-state index contributed by atoms with van der Waals surface area (Å²) in [5, 5.41) is 4.70. The highest BCUT2D eigenvalue weighted by Gasteiger charge is 2.44. The van der Waals surface area contributed by atoms with E-state index in [1.165, 1.54) is 23.3 Å². The van der Waals surface area contributed by atoms with Crippen molar-refractivity contribution >= 4 is 40.3 Å². The summed E-state index contributed by atoms with van der Waals surface area (Å²) in [5.74, 6) is -0.613. The quantitative estimate of drug-likeness (QED) is 0.153. The van der Waals surface area contributed by atoms with Crippen molar-refractivity contribution in [1.82, 2.24) is 20.2 Å². The summed E-state index contributed by atoms with van der Waals surface area (Å²) in [7, 11) is 1.29. The number of methoxy groups -OCH3 is 1. The van der Waals surface area contributed by atoms with Gasteiger partial charge < -0.3 is 24.4 Å². The molecule has 0 radical (unpaired) electrons. The fourth-order valence-corrected chi connectivity index (χ4v) is 5.71. The van der Waals surface area contributed by atoms with Crippen LogP contribution in [0, 0.1) is 0 Å². The van der Waals surface area contributed by atoms with Crippen LogP contribution in [0.15, 0.2) is 54.4 Å². The minimum atomic E-state index is -0.884. The first-order valence-corrected chi connectivity index (χ1v) is 15.4. The van der Waals surface area contributed by atoms with E-state index >= 15 is 0 Å². The number of ether oxygens (including phenoxy) is 3. The number of alkyl carbamates (subject to hydrolysis) is 1. The molecule has 0 saturated carbocycles. The summed E-state index contributed by atoms with van der Waals surface area (Å²) in [6.45, 7) is 9.14. The molecule has 0 spiro atoms. The van der Waals surface area contributed by atoms with Gasteiger partial charge in [0.25, 0.3) is 0 Å². The molecule has 2 amide bonds. The van der Waals surface area contributed by atoms with Gasteiger partial charge in [-0.3, -0.25) is 4.79 Å². The van der Waals surface area contributed by atoms with Gasteiger partial charge in [0.1, 0.15) is 29.5 Å². The van der Waals surface area contributed by atoms with Gasteiger partial charge in [-0.05, 0) is 63.6 Å². The molecule has 3 heterocycles. The molecule has 3 aromatic rings. The maximum absolute atomic E-state index is 14.0. The summed E-state index contributed by atoms with van der Waals surface area (Å²) < 4.78 is 16.9. The Morgan fingerprint density at radius 2 is 1.86 bits per heavy atom. The lowest BCUT2D eigenvalue weighted by atomic mass is 10.1. The molecule has 0 bridgehead atoms. The fraction of sp³-hybridized carbons (Fsp3) is 0.469. The molecule has 1 fully saturated rings. The number of para-hydroxylation sites is 2. The van der Waals surface area contributed by atoms with Crippen molar-refractivity contribution in [2.75, 3.05) is 13.7 Å². The number of nitrogens with one attached hydrogen (secondary N) is 1. The normalized spacial score (nSPS) is 17.3. The van der Waals surface area contributed by atoms with Gasteiger partial charge in [-0.2, -0.15) is 0 Å². The number of unbranched alkanes of at least 4 members (excludes halogenated alkanes) is 3. The molecule has 1 N–H and O–H groups in total. The Hall–Kier alpha value is -3.99. The summed E-state index contributed by atoms with van der Waals surface area (Å²) in [5.41, 5.74) is 1.27. The topological polar surface area (TPSA) is 120 Å². The molecule has 1 aliphatic heterocycles. The van der Waals surface area contributed by atoms with E-state index in [0.717, 1.165) is 29.7 Å². The second kappa shape index (κ2) is 14.5. The number of aromatic nitrogens is 2. The van der Waals surface area contributed by atoms with E-state index in [4.69, 9.17) is 24.2 Å². The zero-order valence-electron chi connectivity index (χ0n) is 25.2. The lowest BCUT2D eigenvalue weighted by Crippen LogP contribution is -2.52. The summed E-state index contributed by atoms with van der Waals surface area (Å²) in [6, 6.07) is 9.64. The van der Waals surface area contributed by atoms with Crippen molar-refractivity contribution in [1.29, 1.82) is 0 Å². The molecule has 3 atom stereocenters. The zero-order chi connectivity index (χ0) is 31.0. The Morgan fingerprint density at radius 3 is 2.51 bits per heavy atom. The number of amides is 2. The molecule has 230 valence electrons. The van der Waals surface area contributed by atoms with Crippen LogP contribution in [0.25, 0.3) is 21.6 Å². The average Bonchev–Trinajstić information content (AvgIpc) is 3.65. The van der Waals surface area contributed by atoms with Gasteiger partial charge in [-0.25, -0.2) is 19.6 Å². The van der Waals surface area contributed by atoms with Crippen LogP contribution in [0.3, 0.4) is 0 Å². The molecule has 43 heavy (non-hydrogen) atoms. The summed E-state index contributed by atoms with van der Waals surface area (Å²) in [6.07, 6.45) is 4.58. The lowest BCUT2D eigenvalue weighted by molar-refractivity contribution is -0.151. The smallest absolute Gasteiger partial charge is 0.408 e. The summed E-state index contributed by atoms with van der Waals surface area (Å²) in [4.78, 5) is 51.5. The zero-order valence-corrected chi connectivity index (χ0v) is 26.0. The van der Waals surface area contributed by atoms with Gasteiger partial charge in [0.05, 0.1) is 29.6 Å². The lowest BCUT2D eigenvalue weighted by Gasteiger charge is -2.29. The van der Waals surface area contributed by atoms with E-state index in [1.807, 2.05) is 47.9 Å². The maximum atomic E-state index is 14.0. The number of nitrogens with zero attached hydrogens (tertiary/aromatic N) is 3. The van der Waals surface area contributed by atoms with Crippen molar-refractivity contribution < 1.29 is 28.6 Å². The number of likely N-dealkylation sites (tertiary alicyclic amines) is 1. The first-order chi connectivity index (χ1) is 20.6. The molecule has 11 heteroatoms. The third-order valence-corrected chi connectivity index (χ3v) is 7.86. The number of thiophene rings is 1. The van der Waals surface area contributed by atoms with Gasteiger partial charge in [-0.15, -0.1) is 17.9 Å². The molecule has 4 rings (SSSR count). The monoisotopic (exact) mass is 608 g/mol. The van der Waals surface area contributed by atoms with Crippen molar-refractivity contribution in [2.24, 2.45) is 0 Å². The minimum absolute atomic E-state index is 0.111. The number of esters is 1. The molecular weight excluding hydrogens is 568 g/mol. The van der Waals surface area contributed by atoms with Crippen LogP contribution < -0.4 is 10.1 Å². The number of carbonyl (C=O) groups is 3. The van der Waals surface area contributed by atoms with E-state index in [-0.39, 0.29) is 18.9 Å². The second-order valence-electron chi connectivity index (χ2n) is 11.5. The Labute approximate surface area is 256 Å². The first-order valence-electron chi connectivity index (χ1n) is 14.6. The van der Waals surface area contributed by atoms with Gasteiger partial charge in [0.15, 0.2) is 0 Å². The van der Waals surface area contributed by atoms with Crippen LogP contribution in [0.1, 0.15) is 59.3 Å². The van der Waals surface area contributed by atoms with E-state index in [1.54, 1.807) is 20.8 Å². The van der Waals surface area contributed by atoms with E-state index < -0.39 is 35.9 Å². The Balaban J connectivity index is 1.58. The van der Waals surface area contributed by atoms with Crippen LogP contribution in [-0.2, 0) is 19.1 Å². The molecule has 1 aliphatic rings. The molecule has 0 unspecified atom stereocenters. The van der Waals surface area contributed by atoms with E-state index in [2.05, 4.69) is 11.9 Å². The fourth-order valence-electron chi connectivity index (χ4n) is 5.00. The number of carbonyl (C=O) groups excluding carboxylic acids is 3. The average molecular weight is 609 g/mol. The molecule has 2 aromatic heterocycles. The Bertz CT molecular complexity index is 1420. The van der Waals surface area contributed by atoms with Crippen molar-refractivity contribution in [3.63, 3.8) is 0 Å². The van der Waals surface area contributed by atoms with Crippen LogP contribution >= 0.6 is 11.3 Å². The Kier molecular flexibility index (Phi) is 10.7. The highest BCUT2D eigenvalue weighted by molar-refractivity contribution is 7.13. The molecule has 1 aromatic carbocycles. The number of hydrogen-bond acceptors (Lipinski definition) is 9. The van der Waals surface area contributed by atoms with Crippen LogP contribution in [0.2, 0.25) is 0 Å². The van der Waals surface area contributed by atoms with Gasteiger partial charge in [0.2, 0.25) is 11.8 Å². The third-order valence-electron chi connectivity index (χ3n) is 6.98. The van der Waals surface area contributed by atoms with Crippen molar-refractivity contribution in [2.45, 2.75) is 83.1 Å². The first kappa shape index (κ1) is 31.9. The van der Waals surface area contributed by atoms with Crippen LogP contribution in [0.5, 0.6) is 5.88 Å². The van der Waals surface area contributed by atoms with E-state index in [0.29, 0.717) is 29.9 Å². The van der Waals surface area contributed by atoms with Crippen molar-refractivity contribution in [3.05, 3.63) is 54.4 Å². The van der Waals surface area contributed by atoms with Crippen LogP contribution in [0.4, 0.5) is 4.79 Å². The molecule has 10 nitrogen and oxygen atoms in total. The summed E-state index contributed by atoms with van der Waals surface area (Å²) >= 11 is 1.52. The molecular formula is C32H40N4O6S. The number of benzene rings is 1. The molecule has 0 aliphatic carbocycles. The highest BCUT2D eigenvalue weighted by Crippen LogP contribution is 2.34. The van der Waals surface area contributed by atoms with Gasteiger partial charge in [0, 0.05) is 6.42 Å².